The maximum atomic E-state index is 12.8. The zero-order valence-corrected chi connectivity index (χ0v) is 8.44. The van der Waals surface area contributed by atoms with E-state index in [1.165, 1.54) is 5.56 Å². The van der Waals surface area contributed by atoms with Crippen LogP contribution < -0.4 is 0 Å². The van der Waals surface area contributed by atoms with Gasteiger partial charge < -0.3 is 0 Å². The summed E-state index contributed by atoms with van der Waals surface area (Å²) in [5.74, 6) is 0.428. The Labute approximate surface area is 79.9 Å². The van der Waals surface area contributed by atoms with Crippen molar-refractivity contribution in [3.05, 3.63) is 35.1 Å². The minimum atomic E-state index is -0.132. The van der Waals surface area contributed by atoms with Gasteiger partial charge in [0.25, 0.3) is 0 Å². The number of hydrogen-bond donors (Lipinski definition) is 0. The molecule has 0 spiro atoms. The van der Waals surface area contributed by atoms with Gasteiger partial charge in [-0.1, -0.05) is 28.9 Å². The first-order valence-corrected chi connectivity index (χ1v) is 5.03. The fourth-order valence-electron chi connectivity index (χ4n) is 1.83. The molecule has 0 heterocycles. The van der Waals surface area contributed by atoms with Crippen LogP contribution in [0.5, 0.6) is 0 Å². The molecule has 0 fully saturated rings. The molecular weight excluding hydrogens is 219 g/mol. The Bertz CT molecular complexity index is 309. The van der Waals surface area contributed by atoms with E-state index in [9.17, 15) is 4.39 Å². The number of halogens is 2. The second-order valence-corrected chi connectivity index (χ2v) is 4.48. The van der Waals surface area contributed by atoms with Gasteiger partial charge >= 0.3 is 0 Å². The molecule has 12 heavy (non-hydrogen) atoms. The summed E-state index contributed by atoms with van der Waals surface area (Å²) in [5, 5.41) is 0. The van der Waals surface area contributed by atoms with Crippen molar-refractivity contribution in [2.45, 2.75) is 24.1 Å². The molecule has 0 bridgehead atoms. The summed E-state index contributed by atoms with van der Waals surface area (Å²) in [6.07, 6.45) is 1.08. The molecule has 0 nitrogen and oxygen atoms in total. The predicted molar refractivity (Wildman–Crippen MR) is 51.1 cm³/mol. The van der Waals surface area contributed by atoms with Crippen molar-refractivity contribution in [3.63, 3.8) is 0 Å². The van der Waals surface area contributed by atoms with E-state index in [4.69, 9.17) is 0 Å². The van der Waals surface area contributed by atoms with Gasteiger partial charge in [-0.05, 0) is 35.6 Å². The maximum absolute atomic E-state index is 12.8. The van der Waals surface area contributed by atoms with Gasteiger partial charge in [-0.15, -0.1) is 0 Å². The van der Waals surface area contributed by atoms with Crippen LogP contribution in [0.3, 0.4) is 0 Å². The van der Waals surface area contributed by atoms with Crippen LogP contribution in [0.4, 0.5) is 4.39 Å². The van der Waals surface area contributed by atoms with Gasteiger partial charge in [0.05, 0.1) is 0 Å². The fraction of sp³-hybridized carbons (Fsp3) is 0.400. The summed E-state index contributed by atoms with van der Waals surface area (Å²) in [7, 11) is 0. The van der Waals surface area contributed by atoms with E-state index in [1.807, 2.05) is 6.07 Å². The van der Waals surface area contributed by atoms with Gasteiger partial charge in [-0.25, -0.2) is 4.39 Å². The third-order valence-electron chi connectivity index (χ3n) is 2.48. The number of alkyl halides is 1. The van der Waals surface area contributed by atoms with Crippen LogP contribution >= 0.6 is 15.9 Å². The van der Waals surface area contributed by atoms with Gasteiger partial charge in [-0.2, -0.15) is 0 Å². The Morgan fingerprint density at radius 1 is 1.42 bits per heavy atom. The zero-order valence-electron chi connectivity index (χ0n) is 6.85. The number of rotatable bonds is 0. The summed E-state index contributed by atoms with van der Waals surface area (Å²) in [6.45, 7) is 2.18. The van der Waals surface area contributed by atoms with Crippen LogP contribution in [0.15, 0.2) is 18.2 Å². The second kappa shape index (κ2) is 2.84. The molecule has 0 saturated heterocycles. The van der Waals surface area contributed by atoms with Crippen LogP contribution in [-0.4, -0.2) is 0 Å². The SMILES string of the molecule is CC1CC(Br)c2cc(F)ccc21. The van der Waals surface area contributed by atoms with Crippen LogP contribution in [0.2, 0.25) is 0 Å². The Kier molecular flexibility index (Phi) is 1.95. The normalized spacial score (nSPS) is 27.2. The molecule has 0 radical (unpaired) electrons. The van der Waals surface area contributed by atoms with Crippen molar-refractivity contribution < 1.29 is 4.39 Å². The van der Waals surface area contributed by atoms with Crippen molar-refractivity contribution in [2.24, 2.45) is 0 Å². The fourth-order valence-corrected chi connectivity index (χ4v) is 2.79. The van der Waals surface area contributed by atoms with Crippen molar-refractivity contribution in [2.75, 3.05) is 0 Å². The lowest BCUT2D eigenvalue weighted by Gasteiger charge is -2.02. The average Bonchev–Trinajstić information content (AvgIpc) is 2.28. The van der Waals surface area contributed by atoms with Crippen molar-refractivity contribution in [1.82, 2.24) is 0 Å². The van der Waals surface area contributed by atoms with E-state index in [-0.39, 0.29) is 5.82 Å². The number of hydrogen-bond acceptors (Lipinski definition) is 0. The van der Waals surface area contributed by atoms with Gasteiger partial charge in [0.1, 0.15) is 5.82 Å². The van der Waals surface area contributed by atoms with E-state index in [2.05, 4.69) is 22.9 Å². The molecule has 1 aliphatic carbocycles. The Hall–Kier alpha value is -0.370. The quantitative estimate of drug-likeness (QED) is 0.594. The van der Waals surface area contributed by atoms with E-state index in [0.29, 0.717) is 10.7 Å². The molecule has 0 aromatic heterocycles. The van der Waals surface area contributed by atoms with Crippen LogP contribution in [-0.2, 0) is 0 Å². The second-order valence-electron chi connectivity index (χ2n) is 3.38. The highest BCUT2D eigenvalue weighted by molar-refractivity contribution is 9.09. The summed E-state index contributed by atoms with van der Waals surface area (Å²) in [6, 6.07) is 5.08. The Balaban J connectivity index is 2.53. The molecule has 2 unspecified atom stereocenters. The van der Waals surface area contributed by atoms with E-state index >= 15 is 0 Å². The van der Waals surface area contributed by atoms with Gasteiger partial charge in [-0.3, -0.25) is 0 Å². The Morgan fingerprint density at radius 3 is 2.92 bits per heavy atom. The van der Waals surface area contributed by atoms with Crippen molar-refractivity contribution in [1.29, 1.82) is 0 Å². The zero-order chi connectivity index (χ0) is 8.72. The topological polar surface area (TPSA) is 0 Å². The van der Waals surface area contributed by atoms with Gasteiger partial charge in [0, 0.05) is 4.83 Å². The molecule has 0 aliphatic heterocycles. The van der Waals surface area contributed by atoms with Crippen molar-refractivity contribution in [3.8, 4) is 0 Å². The predicted octanol–water partition coefficient (Wildman–Crippen LogP) is 3.77. The Morgan fingerprint density at radius 2 is 2.17 bits per heavy atom. The molecule has 0 saturated carbocycles. The first kappa shape index (κ1) is 8.24. The molecule has 2 heteroatoms. The molecule has 1 aliphatic rings. The smallest absolute Gasteiger partial charge is 0.123 e. The van der Waals surface area contributed by atoms with E-state index < -0.39 is 0 Å². The summed E-state index contributed by atoms with van der Waals surface area (Å²) in [5.41, 5.74) is 2.42. The molecule has 0 N–H and O–H groups in total. The number of benzene rings is 1. The van der Waals surface area contributed by atoms with E-state index in [0.717, 1.165) is 12.0 Å². The molecular formula is C10H10BrF. The lowest BCUT2D eigenvalue weighted by molar-refractivity contribution is 0.625. The minimum absolute atomic E-state index is 0.132. The molecule has 2 atom stereocenters. The van der Waals surface area contributed by atoms with Crippen molar-refractivity contribution >= 4 is 15.9 Å². The molecule has 0 amide bonds. The summed E-state index contributed by atoms with van der Waals surface area (Å²) in [4.78, 5) is 0.346. The number of fused-ring (bicyclic) bond motifs is 1. The molecule has 1 aromatic rings. The highest BCUT2D eigenvalue weighted by atomic mass is 79.9. The van der Waals surface area contributed by atoms with Gasteiger partial charge in [0.15, 0.2) is 0 Å². The van der Waals surface area contributed by atoms with Crippen LogP contribution in [0, 0.1) is 5.82 Å². The minimum Gasteiger partial charge on any atom is -0.207 e. The lowest BCUT2D eigenvalue weighted by atomic mass is 10.0. The highest BCUT2D eigenvalue weighted by Gasteiger charge is 2.26. The first-order valence-electron chi connectivity index (χ1n) is 4.12. The van der Waals surface area contributed by atoms with Crippen LogP contribution in [0.25, 0.3) is 0 Å². The molecule has 1 aromatic carbocycles. The molecule has 64 valence electrons. The largest absolute Gasteiger partial charge is 0.207 e. The summed E-state index contributed by atoms with van der Waals surface area (Å²) < 4.78 is 12.8. The van der Waals surface area contributed by atoms with Gasteiger partial charge in [0.2, 0.25) is 0 Å². The lowest BCUT2D eigenvalue weighted by Crippen LogP contribution is -1.86. The third kappa shape index (κ3) is 1.18. The maximum Gasteiger partial charge on any atom is 0.123 e. The standard InChI is InChI=1S/C10H10BrF/c1-6-4-10(11)9-5-7(12)2-3-8(6)9/h2-3,5-6,10H,4H2,1H3. The summed E-state index contributed by atoms with van der Waals surface area (Å²) >= 11 is 3.54. The average molecular weight is 229 g/mol. The molecule has 2 rings (SSSR count). The van der Waals surface area contributed by atoms with Crippen LogP contribution in [0.1, 0.15) is 35.2 Å². The highest BCUT2D eigenvalue weighted by Crippen LogP contribution is 2.44. The first-order chi connectivity index (χ1) is 5.68. The monoisotopic (exact) mass is 228 g/mol. The third-order valence-corrected chi connectivity index (χ3v) is 3.34. The van der Waals surface area contributed by atoms with E-state index in [1.54, 1.807) is 12.1 Å².